The van der Waals surface area contributed by atoms with Crippen LogP contribution in [0.3, 0.4) is 0 Å². The van der Waals surface area contributed by atoms with E-state index >= 15 is 0 Å². The summed E-state index contributed by atoms with van der Waals surface area (Å²) < 4.78 is 13.0. The van der Waals surface area contributed by atoms with E-state index in [0.717, 1.165) is 31.9 Å². The lowest BCUT2D eigenvalue weighted by molar-refractivity contribution is -0.117. The van der Waals surface area contributed by atoms with E-state index in [0.29, 0.717) is 11.3 Å². The molecule has 1 amide bonds. The van der Waals surface area contributed by atoms with Gasteiger partial charge in [-0.3, -0.25) is 14.5 Å². The number of benzene rings is 2. The molecule has 1 fully saturated rings. The Morgan fingerprint density at radius 3 is 2.31 bits per heavy atom. The Bertz CT molecular complexity index is 784. The molecule has 0 saturated carbocycles. The van der Waals surface area contributed by atoms with Crippen molar-refractivity contribution in [3.05, 3.63) is 59.9 Å². The number of hydrogen-bond acceptors (Lipinski definition) is 4. The molecule has 1 saturated heterocycles. The van der Waals surface area contributed by atoms with Gasteiger partial charge in [-0.2, -0.15) is 0 Å². The van der Waals surface area contributed by atoms with Gasteiger partial charge in [0.15, 0.2) is 5.78 Å². The van der Waals surface area contributed by atoms with Crippen LogP contribution >= 0.6 is 0 Å². The van der Waals surface area contributed by atoms with Crippen molar-refractivity contribution in [1.82, 2.24) is 4.90 Å². The summed E-state index contributed by atoms with van der Waals surface area (Å²) in [5.41, 5.74) is 2.06. The third kappa shape index (κ3) is 4.46. The van der Waals surface area contributed by atoms with Gasteiger partial charge >= 0.3 is 0 Å². The minimum absolute atomic E-state index is 0.0752. The second kappa shape index (κ2) is 8.10. The zero-order valence-electron chi connectivity index (χ0n) is 14.7. The first-order chi connectivity index (χ1) is 12.5. The van der Waals surface area contributed by atoms with Gasteiger partial charge in [-0.25, -0.2) is 4.39 Å². The summed E-state index contributed by atoms with van der Waals surface area (Å²) in [6, 6.07) is 13.5. The fourth-order valence-corrected chi connectivity index (χ4v) is 3.11. The van der Waals surface area contributed by atoms with E-state index in [4.69, 9.17) is 0 Å². The number of anilines is 2. The molecule has 2 aromatic carbocycles. The number of hydrogen-bond donors (Lipinski definition) is 1. The molecule has 0 spiro atoms. The monoisotopic (exact) mass is 355 g/mol. The van der Waals surface area contributed by atoms with Crippen LogP contribution in [0, 0.1) is 5.82 Å². The van der Waals surface area contributed by atoms with Crippen LogP contribution < -0.4 is 10.2 Å². The van der Waals surface area contributed by atoms with Gasteiger partial charge in [0.25, 0.3) is 0 Å². The minimum atomic E-state index is -0.241. The summed E-state index contributed by atoms with van der Waals surface area (Å²) >= 11 is 0. The number of Topliss-reactive ketones (excluding diaryl/α,β-unsaturated/α-hetero) is 1. The van der Waals surface area contributed by atoms with Crippen LogP contribution in [0.25, 0.3) is 0 Å². The standard InChI is InChI=1S/C20H22FN3O2/c1-15(25)18-4-2-3-5-19(18)22-20(26)14-23-10-12-24(13-11-23)17-8-6-16(21)7-9-17/h2-9H,10-14H2,1H3,(H,22,26). The number of nitrogens with zero attached hydrogens (tertiary/aromatic N) is 2. The van der Waals surface area contributed by atoms with E-state index in [1.165, 1.54) is 19.1 Å². The van der Waals surface area contributed by atoms with Crippen molar-refractivity contribution in [3.8, 4) is 0 Å². The van der Waals surface area contributed by atoms with Gasteiger partial charge in [-0.1, -0.05) is 12.1 Å². The fourth-order valence-electron chi connectivity index (χ4n) is 3.11. The molecule has 0 aliphatic carbocycles. The van der Waals surface area contributed by atoms with Crippen LogP contribution in [0.5, 0.6) is 0 Å². The molecule has 0 atom stereocenters. The zero-order valence-corrected chi connectivity index (χ0v) is 14.7. The molecule has 1 N–H and O–H groups in total. The Balaban J connectivity index is 1.52. The Morgan fingerprint density at radius 1 is 1.00 bits per heavy atom. The van der Waals surface area contributed by atoms with Crippen LogP contribution in [0.1, 0.15) is 17.3 Å². The highest BCUT2D eigenvalue weighted by atomic mass is 19.1. The number of piperazine rings is 1. The number of halogens is 1. The number of nitrogens with one attached hydrogen (secondary N) is 1. The van der Waals surface area contributed by atoms with E-state index < -0.39 is 0 Å². The molecule has 136 valence electrons. The first-order valence-electron chi connectivity index (χ1n) is 8.65. The normalized spacial score (nSPS) is 14.9. The van der Waals surface area contributed by atoms with Gasteiger partial charge in [0.2, 0.25) is 5.91 Å². The summed E-state index contributed by atoms with van der Waals surface area (Å²) in [6.45, 7) is 4.83. The topological polar surface area (TPSA) is 52.7 Å². The molecule has 0 bridgehead atoms. The van der Waals surface area contributed by atoms with Crippen molar-refractivity contribution in [2.45, 2.75) is 6.92 Å². The smallest absolute Gasteiger partial charge is 0.238 e. The summed E-state index contributed by atoms with van der Waals surface area (Å²) in [5.74, 6) is -0.447. The van der Waals surface area contributed by atoms with Crippen molar-refractivity contribution in [1.29, 1.82) is 0 Å². The molecule has 5 nitrogen and oxygen atoms in total. The Morgan fingerprint density at radius 2 is 1.65 bits per heavy atom. The summed E-state index contributed by atoms with van der Waals surface area (Å²) in [5, 5.41) is 2.83. The van der Waals surface area contributed by atoms with Crippen molar-refractivity contribution < 1.29 is 14.0 Å². The number of amides is 1. The molecule has 3 rings (SSSR count). The number of carbonyl (C=O) groups excluding carboxylic acids is 2. The molecular formula is C20H22FN3O2. The first-order valence-corrected chi connectivity index (χ1v) is 8.65. The highest BCUT2D eigenvalue weighted by molar-refractivity contribution is 6.04. The van der Waals surface area contributed by atoms with E-state index in [-0.39, 0.29) is 24.1 Å². The Hall–Kier alpha value is -2.73. The van der Waals surface area contributed by atoms with Gasteiger partial charge in [0.1, 0.15) is 5.82 Å². The summed E-state index contributed by atoms with van der Waals surface area (Å²) in [6.07, 6.45) is 0. The van der Waals surface area contributed by atoms with Gasteiger partial charge in [0, 0.05) is 37.4 Å². The molecular weight excluding hydrogens is 333 g/mol. The third-order valence-corrected chi connectivity index (χ3v) is 4.51. The Labute approximate surface area is 152 Å². The van der Waals surface area contributed by atoms with Crippen LogP contribution in [0.4, 0.5) is 15.8 Å². The highest BCUT2D eigenvalue weighted by Crippen LogP contribution is 2.18. The van der Waals surface area contributed by atoms with E-state index in [9.17, 15) is 14.0 Å². The van der Waals surface area contributed by atoms with E-state index in [1.807, 2.05) is 0 Å². The predicted octanol–water partition coefficient (Wildman–Crippen LogP) is 2.79. The number of ketones is 1. The molecule has 0 unspecified atom stereocenters. The van der Waals surface area contributed by atoms with Crippen molar-refractivity contribution in [2.75, 3.05) is 42.9 Å². The van der Waals surface area contributed by atoms with Crippen LogP contribution in [-0.2, 0) is 4.79 Å². The second-order valence-electron chi connectivity index (χ2n) is 6.39. The molecule has 1 heterocycles. The number of carbonyl (C=O) groups is 2. The largest absolute Gasteiger partial charge is 0.369 e. The molecule has 1 aliphatic heterocycles. The SMILES string of the molecule is CC(=O)c1ccccc1NC(=O)CN1CCN(c2ccc(F)cc2)CC1. The minimum Gasteiger partial charge on any atom is -0.369 e. The zero-order chi connectivity index (χ0) is 18.5. The average Bonchev–Trinajstić information content (AvgIpc) is 2.63. The van der Waals surface area contributed by atoms with E-state index in [1.54, 1.807) is 36.4 Å². The van der Waals surface area contributed by atoms with Crippen LogP contribution in [0.15, 0.2) is 48.5 Å². The van der Waals surface area contributed by atoms with Crippen molar-refractivity contribution in [3.63, 3.8) is 0 Å². The number of para-hydroxylation sites is 1. The average molecular weight is 355 g/mol. The van der Waals surface area contributed by atoms with Crippen molar-refractivity contribution in [2.24, 2.45) is 0 Å². The van der Waals surface area contributed by atoms with Gasteiger partial charge < -0.3 is 10.2 Å². The van der Waals surface area contributed by atoms with Crippen LogP contribution in [-0.4, -0.2) is 49.3 Å². The number of rotatable bonds is 5. The molecule has 6 heteroatoms. The molecule has 2 aromatic rings. The third-order valence-electron chi connectivity index (χ3n) is 4.51. The molecule has 1 aliphatic rings. The lowest BCUT2D eigenvalue weighted by Gasteiger charge is -2.35. The predicted molar refractivity (Wildman–Crippen MR) is 100 cm³/mol. The molecule has 26 heavy (non-hydrogen) atoms. The maximum Gasteiger partial charge on any atom is 0.238 e. The molecule has 0 radical (unpaired) electrons. The van der Waals surface area contributed by atoms with E-state index in [2.05, 4.69) is 15.1 Å². The Kier molecular flexibility index (Phi) is 5.63. The lowest BCUT2D eigenvalue weighted by Crippen LogP contribution is -2.48. The second-order valence-corrected chi connectivity index (χ2v) is 6.39. The first kappa shape index (κ1) is 18.1. The highest BCUT2D eigenvalue weighted by Gasteiger charge is 2.20. The summed E-state index contributed by atoms with van der Waals surface area (Å²) in [7, 11) is 0. The quantitative estimate of drug-likeness (QED) is 0.838. The maximum absolute atomic E-state index is 13.0. The van der Waals surface area contributed by atoms with Gasteiger partial charge in [-0.05, 0) is 43.3 Å². The molecule has 0 aromatic heterocycles. The van der Waals surface area contributed by atoms with Crippen molar-refractivity contribution >= 4 is 23.1 Å². The van der Waals surface area contributed by atoms with Gasteiger partial charge in [0.05, 0.1) is 12.2 Å². The van der Waals surface area contributed by atoms with Gasteiger partial charge in [-0.15, -0.1) is 0 Å². The summed E-state index contributed by atoms with van der Waals surface area (Å²) in [4.78, 5) is 28.2. The maximum atomic E-state index is 13.0. The fraction of sp³-hybridized carbons (Fsp3) is 0.300. The van der Waals surface area contributed by atoms with Crippen LogP contribution in [0.2, 0.25) is 0 Å². The lowest BCUT2D eigenvalue weighted by atomic mass is 10.1.